The Morgan fingerprint density at radius 3 is 1.53 bits per heavy atom. The van der Waals surface area contributed by atoms with Crippen LogP contribution in [0, 0.1) is 0 Å². The first kappa shape index (κ1) is 69.0. The van der Waals surface area contributed by atoms with E-state index in [1.807, 2.05) is 89.8 Å². The van der Waals surface area contributed by atoms with E-state index in [-0.39, 0.29) is 13.0 Å². The fraction of sp³-hybridized carbons (Fsp3) is 0.257. The number of aliphatic hydroxyl groups excluding tert-OH is 1. The van der Waals surface area contributed by atoms with Crippen molar-refractivity contribution >= 4 is 74.7 Å². The molecule has 0 aliphatic heterocycles. The Kier molecular flexibility index (Phi) is 22.6. The number of aliphatic hydroxyl groups is 1. The Labute approximate surface area is 549 Å². The molecule has 0 saturated heterocycles. The lowest BCUT2D eigenvalue weighted by Gasteiger charge is -2.17. The number of carbonyl (C=O) groups excluding carboxylic acids is 3. The summed E-state index contributed by atoms with van der Waals surface area (Å²) in [6.45, 7) is 8.27. The smallest absolute Gasteiger partial charge is 0.294 e. The standard InChI is InChI=1S/C24H24N4O4.C24H22N4O4.C21H27BrN2O3Si.CH4/c2*1-28(2)24(30)21(29)15-9-14(10-25-11-15)17-12-26-23-20(22(17)32-4)18(13-27-23)16-7-5-6-8-19(16)31-3;1-25-18-9-7-6-8-15(18)16-13-24(14-27-10-11-28(3,4)5)21-19(16)20(26-2)17(22)12-23-21;/h5-13,21,29H,1-4H3,(H,26,27);5-13H,1-4H3,(H,26,27);6-9,12-13H,10-11,14H2,1-5H3;1H4. The molecule has 0 fully saturated rings. The van der Waals surface area contributed by atoms with Gasteiger partial charge in [0, 0.05) is 172 Å². The van der Waals surface area contributed by atoms with Crippen LogP contribution in [0.2, 0.25) is 25.7 Å². The number of aromatic amines is 2. The highest BCUT2D eigenvalue weighted by molar-refractivity contribution is 9.10. The molecule has 2 amide bonds. The second-order valence-electron chi connectivity index (χ2n) is 22.7. The topological polar surface area (TPSA) is 243 Å². The Morgan fingerprint density at radius 1 is 0.570 bits per heavy atom. The number of methoxy groups -OCH3 is 6. The molecule has 0 aliphatic carbocycles. The van der Waals surface area contributed by atoms with Crippen LogP contribution in [0.15, 0.2) is 151 Å². The monoisotopic (exact) mass is 1340 g/mol. The van der Waals surface area contributed by atoms with E-state index >= 15 is 0 Å². The zero-order valence-electron chi connectivity index (χ0n) is 53.5. The number of H-pyrrole nitrogens is 2. The minimum atomic E-state index is -1.31. The molecular weight excluding hydrogens is 1260 g/mol. The number of para-hydroxylation sites is 3. The molecule has 21 nitrogen and oxygen atoms in total. The van der Waals surface area contributed by atoms with Crippen LogP contribution in [0.25, 0.3) is 88.7 Å². The zero-order valence-corrected chi connectivity index (χ0v) is 56.1. The highest BCUT2D eigenvalue weighted by atomic mass is 79.9. The van der Waals surface area contributed by atoms with E-state index in [2.05, 4.69) is 76.7 Å². The number of nitrogens with zero attached hydrogens (tertiary/aromatic N) is 8. The molecule has 93 heavy (non-hydrogen) atoms. The highest BCUT2D eigenvalue weighted by Crippen LogP contribution is 2.46. The van der Waals surface area contributed by atoms with E-state index in [4.69, 9.17) is 33.2 Å². The summed E-state index contributed by atoms with van der Waals surface area (Å²) < 4.78 is 42.8. The quantitative estimate of drug-likeness (QED) is 0.0278. The molecule has 0 spiro atoms. The summed E-state index contributed by atoms with van der Waals surface area (Å²) in [5.74, 6) is 2.52. The number of likely N-dealkylation sites (N-methyl/N-ethyl adjacent to an activating group) is 2. The van der Waals surface area contributed by atoms with Crippen molar-refractivity contribution < 1.29 is 52.6 Å². The van der Waals surface area contributed by atoms with Crippen molar-refractivity contribution in [2.24, 2.45) is 0 Å². The maximum atomic E-state index is 12.5. The second kappa shape index (κ2) is 30.5. The summed E-state index contributed by atoms with van der Waals surface area (Å²) in [7, 11) is 14.9. The number of ketones is 1. The average molecular weight is 1340 g/mol. The first-order valence-electron chi connectivity index (χ1n) is 29.1. The van der Waals surface area contributed by atoms with E-state index in [1.54, 1.807) is 99.9 Å². The molecule has 8 heterocycles. The summed E-state index contributed by atoms with van der Waals surface area (Å²) in [6, 6.07) is 27.9. The first-order chi connectivity index (χ1) is 44.3. The maximum Gasteiger partial charge on any atom is 0.294 e. The number of fused-ring (bicyclic) bond motifs is 3. The van der Waals surface area contributed by atoms with Crippen molar-refractivity contribution in [2.75, 3.05) is 77.5 Å². The number of Topliss-reactive ketones (excluding diaryl/α,β-unsaturated/α-hetero) is 1. The van der Waals surface area contributed by atoms with Gasteiger partial charge in [0.2, 0.25) is 0 Å². The normalized spacial score (nSPS) is 11.3. The zero-order chi connectivity index (χ0) is 66.0. The predicted molar refractivity (Wildman–Crippen MR) is 369 cm³/mol. The number of halogens is 1. The van der Waals surface area contributed by atoms with Gasteiger partial charge in [0.05, 0.1) is 63.3 Å². The van der Waals surface area contributed by atoms with Crippen LogP contribution in [-0.4, -0.2) is 157 Å². The van der Waals surface area contributed by atoms with Gasteiger partial charge < -0.3 is 62.6 Å². The third-order valence-corrected chi connectivity index (χ3v) is 17.4. The SMILES string of the molecule is C.COc1ccccc1-c1c[nH]c2ncc(-c3cncc(C(=O)C(=O)N(C)C)c3)c(OC)c12.COc1ccccc1-c1c[nH]c2ncc(-c3cncc(C(O)C(=O)N(C)C)c3)c(OC)c12.COc1ccccc1-c1cn(COCC[Si](C)(C)C)c2ncc(Br)c(OC)c12. The molecule has 1 atom stereocenters. The molecule has 0 saturated carbocycles. The van der Waals surface area contributed by atoms with Crippen molar-refractivity contribution in [3.8, 4) is 90.1 Å². The van der Waals surface area contributed by atoms with Crippen LogP contribution in [0.1, 0.15) is 29.5 Å². The number of pyridine rings is 5. The number of aromatic nitrogens is 8. The number of hydrogen-bond donors (Lipinski definition) is 3. The van der Waals surface area contributed by atoms with Crippen LogP contribution in [0.3, 0.4) is 0 Å². The maximum absolute atomic E-state index is 12.5. The van der Waals surface area contributed by atoms with E-state index in [9.17, 15) is 19.5 Å². The molecule has 11 aromatic rings. The predicted octanol–water partition coefficient (Wildman–Crippen LogP) is 13.4. The van der Waals surface area contributed by atoms with Crippen LogP contribution < -0.4 is 28.4 Å². The summed E-state index contributed by atoms with van der Waals surface area (Å²) >= 11 is 3.56. The van der Waals surface area contributed by atoms with Gasteiger partial charge in [0.15, 0.2) is 6.10 Å². The number of ether oxygens (including phenoxy) is 7. The van der Waals surface area contributed by atoms with E-state index < -0.39 is 31.8 Å². The highest BCUT2D eigenvalue weighted by Gasteiger charge is 2.26. The third-order valence-electron chi connectivity index (χ3n) is 15.1. The Morgan fingerprint density at radius 2 is 1.05 bits per heavy atom. The molecule has 23 heteroatoms. The number of carbonyl (C=O) groups is 3. The minimum absolute atomic E-state index is 0. The Balaban J connectivity index is 0.000000179. The molecule has 11 rings (SSSR count). The van der Waals surface area contributed by atoms with Gasteiger partial charge in [0.25, 0.3) is 17.6 Å². The molecule has 0 bridgehead atoms. The molecule has 0 radical (unpaired) electrons. The van der Waals surface area contributed by atoms with Crippen molar-refractivity contribution in [1.82, 2.24) is 49.3 Å². The summed E-state index contributed by atoms with van der Waals surface area (Å²) in [5.41, 5.74) is 10.9. The summed E-state index contributed by atoms with van der Waals surface area (Å²) in [4.78, 5) is 67.9. The van der Waals surface area contributed by atoms with Crippen molar-refractivity contribution in [2.45, 2.75) is 45.9 Å². The molecule has 1 unspecified atom stereocenters. The number of benzene rings is 3. The van der Waals surface area contributed by atoms with Gasteiger partial charge in [-0.1, -0.05) is 81.7 Å². The third kappa shape index (κ3) is 14.9. The molecule has 0 aliphatic rings. The number of hydrogen-bond acceptors (Lipinski definition) is 16. The van der Waals surface area contributed by atoms with Gasteiger partial charge in [-0.05, 0) is 52.3 Å². The summed E-state index contributed by atoms with van der Waals surface area (Å²) in [6.07, 6.45) is 15.7. The lowest BCUT2D eigenvalue weighted by atomic mass is 9.99. The largest absolute Gasteiger partial charge is 0.496 e. The van der Waals surface area contributed by atoms with Crippen molar-refractivity contribution in [3.63, 3.8) is 0 Å². The first-order valence-corrected chi connectivity index (χ1v) is 33.6. The number of amides is 2. The van der Waals surface area contributed by atoms with Crippen LogP contribution in [0.4, 0.5) is 0 Å². The molecule has 3 N–H and O–H groups in total. The van der Waals surface area contributed by atoms with Gasteiger partial charge in [0.1, 0.15) is 58.2 Å². The van der Waals surface area contributed by atoms with Crippen LogP contribution in [-0.2, 0) is 21.1 Å². The van der Waals surface area contributed by atoms with Gasteiger partial charge in [-0.3, -0.25) is 24.4 Å². The lowest BCUT2D eigenvalue weighted by Crippen LogP contribution is -2.29. The van der Waals surface area contributed by atoms with Gasteiger partial charge >= 0.3 is 0 Å². The van der Waals surface area contributed by atoms with Crippen LogP contribution in [0.5, 0.6) is 34.5 Å². The fourth-order valence-corrected chi connectivity index (χ4v) is 11.6. The Hall–Kier alpha value is -9.94. The number of nitrogens with one attached hydrogen (secondary N) is 2. The minimum Gasteiger partial charge on any atom is -0.496 e. The Bertz CT molecular complexity index is 4460. The van der Waals surface area contributed by atoms with Crippen LogP contribution >= 0.6 is 15.9 Å². The van der Waals surface area contributed by atoms with Gasteiger partial charge in [-0.25, -0.2) is 15.0 Å². The second-order valence-corrected chi connectivity index (χ2v) is 29.2. The summed E-state index contributed by atoms with van der Waals surface area (Å²) in [5, 5.41) is 13.0. The average Bonchev–Trinajstić information content (AvgIpc) is 1.69. The molecular formula is C70H77BrN10O11Si. The van der Waals surface area contributed by atoms with Gasteiger partial charge in [-0.2, -0.15) is 0 Å². The molecule has 484 valence electrons. The fourth-order valence-electron chi connectivity index (χ4n) is 10.4. The lowest BCUT2D eigenvalue weighted by molar-refractivity contribution is -0.137. The molecule has 8 aromatic heterocycles. The van der Waals surface area contributed by atoms with Gasteiger partial charge in [-0.15, -0.1) is 0 Å². The van der Waals surface area contributed by atoms with E-state index in [1.165, 1.54) is 36.3 Å². The van der Waals surface area contributed by atoms with E-state index in [0.29, 0.717) is 57.3 Å². The number of rotatable bonds is 20. The van der Waals surface area contributed by atoms with Crippen molar-refractivity contribution in [3.05, 3.63) is 162 Å². The van der Waals surface area contributed by atoms with Crippen molar-refractivity contribution in [1.29, 1.82) is 0 Å². The molecule has 3 aromatic carbocycles. The van der Waals surface area contributed by atoms with E-state index in [0.717, 1.165) is 95.3 Å².